The molecule has 0 saturated carbocycles. The highest BCUT2D eigenvalue weighted by molar-refractivity contribution is 6.02. The summed E-state index contributed by atoms with van der Waals surface area (Å²) in [6, 6.07) is 10.6. The van der Waals surface area contributed by atoms with Crippen LogP contribution in [0.5, 0.6) is 0 Å². The number of aryl methyl sites for hydroxylation is 2. The summed E-state index contributed by atoms with van der Waals surface area (Å²) in [5.41, 5.74) is 1.79. The molecule has 0 radical (unpaired) electrons. The van der Waals surface area contributed by atoms with Gasteiger partial charge >= 0.3 is 0 Å². The van der Waals surface area contributed by atoms with Crippen LogP contribution >= 0.6 is 0 Å². The second kappa shape index (κ2) is 7.29. The number of fused-ring (bicyclic) bond motifs is 1. The van der Waals surface area contributed by atoms with E-state index in [1.54, 1.807) is 0 Å². The van der Waals surface area contributed by atoms with E-state index in [-0.39, 0.29) is 17.2 Å². The van der Waals surface area contributed by atoms with Gasteiger partial charge in [-0.05, 0) is 31.0 Å². The normalized spacial score (nSPS) is 11.0. The average Bonchev–Trinajstić information content (AvgIpc) is 2.95. The van der Waals surface area contributed by atoms with Gasteiger partial charge in [-0.1, -0.05) is 26.0 Å². The van der Waals surface area contributed by atoms with Crippen molar-refractivity contribution in [3.63, 3.8) is 0 Å². The number of amides is 1. The molecule has 3 rings (SSSR count). The monoisotopic (exact) mass is 339 g/mol. The van der Waals surface area contributed by atoms with E-state index in [2.05, 4.69) is 22.3 Å². The van der Waals surface area contributed by atoms with Crippen LogP contribution in [-0.2, 0) is 13.1 Å². The minimum absolute atomic E-state index is 0.197. The molecule has 3 aromatic rings. The maximum absolute atomic E-state index is 12.6. The van der Waals surface area contributed by atoms with Gasteiger partial charge in [-0.15, -0.1) is 0 Å². The fraction of sp³-hybridized carbons (Fsp3) is 0.333. The summed E-state index contributed by atoms with van der Waals surface area (Å²) in [5.74, 6) is 0.112. The molecule has 0 aliphatic rings. The first kappa shape index (κ1) is 16.9. The van der Waals surface area contributed by atoms with Gasteiger partial charge in [0.15, 0.2) is 0 Å². The predicted molar refractivity (Wildman–Crippen MR) is 96.8 cm³/mol. The molecule has 7 heteroatoms. The molecule has 130 valence electrons. The van der Waals surface area contributed by atoms with E-state index in [4.69, 9.17) is 0 Å². The van der Waals surface area contributed by atoms with Gasteiger partial charge in [0.1, 0.15) is 5.69 Å². The van der Waals surface area contributed by atoms with Gasteiger partial charge in [-0.2, -0.15) is 5.10 Å². The molecule has 1 N–H and O–H groups in total. The maximum atomic E-state index is 12.6. The van der Waals surface area contributed by atoms with Crippen LogP contribution in [-0.4, -0.2) is 25.2 Å². The lowest BCUT2D eigenvalue weighted by Gasteiger charge is -2.09. The van der Waals surface area contributed by atoms with Crippen molar-refractivity contribution >= 4 is 22.9 Å². The lowest BCUT2D eigenvalue weighted by Crippen LogP contribution is -2.26. The lowest BCUT2D eigenvalue weighted by atomic mass is 10.3. The average molecular weight is 339 g/mol. The molecule has 0 fully saturated rings. The van der Waals surface area contributed by atoms with Gasteiger partial charge in [0.2, 0.25) is 5.95 Å². The zero-order valence-corrected chi connectivity index (χ0v) is 14.4. The summed E-state index contributed by atoms with van der Waals surface area (Å²) < 4.78 is 3.29. The number of carbonyl (C=O) groups excluding carboxylic acids is 1. The van der Waals surface area contributed by atoms with E-state index >= 15 is 0 Å². The molecule has 0 atom stereocenters. The van der Waals surface area contributed by atoms with E-state index in [1.807, 2.05) is 35.8 Å². The molecule has 0 aliphatic carbocycles. The minimum atomic E-state index is -0.377. The van der Waals surface area contributed by atoms with Crippen LogP contribution in [0.4, 0.5) is 5.95 Å². The maximum Gasteiger partial charge on any atom is 0.278 e. The number of anilines is 1. The Kier molecular flexibility index (Phi) is 4.92. The van der Waals surface area contributed by atoms with Crippen molar-refractivity contribution in [1.29, 1.82) is 0 Å². The third kappa shape index (κ3) is 3.45. The van der Waals surface area contributed by atoms with Crippen molar-refractivity contribution in [2.45, 2.75) is 39.8 Å². The number of carbonyl (C=O) groups is 1. The van der Waals surface area contributed by atoms with Crippen molar-refractivity contribution in [3.8, 4) is 0 Å². The molecule has 0 bridgehead atoms. The first-order valence-electron chi connectivity index (χ1n) is 8.48. The van der Waals surface area contributed by atoms with Gasteiger partial charge in [0, 0.05) is 19.2 Å². The molecule has 2 aromatic heterocycles. The molecule has 0 aliphatic heterocycles. The summed E-state index contributed by atoms with van der Waals surface area (Å²) >= 11 is 0. The van der Waals surface area contributed by atoms with Crippen LogP contribution in [0.3, 0.4) is 0 Å². The third-order valence-electron chi connectivity index (χ3n) is 3.86. The highest BCUT2D eigenvalue weighted by Crippen LogP contribution is 2.20. The summed E-state index contributed by atoms with van der Waals surface area (Å²) in [6.45, 7) is 5.25. The van der Waals surface area contributed by atoms with Crippen molar-refractivity contribution < 1.29 is 4.79 Å². The first-order valence-corrected chi connectivity index (χ1v) is 8.48. The topological polar surface area (TPSA) is 81.8 Å². The van der Waals surface area contributed by atoms with E-state index in [0.29, 0.717) is 12.5 Å². The zero-order valence-electron chi connectivity index (χ0n) is 14.4. The first-order chi connectivity index (χ1) is 12.1. The Balaban J connectivity index is 1.93. The lowest BCUT2D eigenvalue weighted by molar-refractivity contribution is 0.101. The Morgan fingerprint density at radius 2 is 1.84 bits per heavy atom. The molecule has 0 saturated heterocycles. The van der Waals surface area contributed by atoms with E-state index in [1.165, 1.54) is 16.8 Å². The van der Waals surface area contributed by atoms with E-state index in [0.717, 1.165) is 30.4 Å². The molecule has 0 unspecified atom stereocenters. The van der Waals surface area contributed by atoms with Crippen LogP contribution in [0.1, 0.15) is 37.2 Å². The summed E-state index contributed by atoms with van der Waals surface area (Å²) in [4.78, 5) is 28.8. The zero-order chi connectivity index (χ0) is 17.8. The Labute approximate surface area is 145 Å². The SMILES string of the molecule is CCCn1nc(C(=O)Nc2nc3ccccc3n2CCC)ccc1=O. The summed E-state index contributed by atoms with van der Waals surface area (Å²) in [6.07, 6.45) is 1.69. The number of para-hydroxylation sites is 2. The standard InChI is InChI=1S/C18H21N5O2/c1-3-11-22-15-8-6-5-7-13(15)19-18(22)20-17(25)14-9-10-16(24)23(21-14)12-4-2/h5-10H,3-4,11-12H2,1-2H3,(H,19,20,25). The number of aromatic nitrogens is 4. The fourth-order valence-corrected chi connectivity index (χ4v) is 2.73. The van der Waals surface area contributed by atoms with Crippen LogP contribution in [0.2, 0.25) is 0 Å². The molecular weight excluding hydrogens is 318 g/mol. The number of hydrogen-bond acceptors (Lipinski definition) is 4. The van der Waals surface area contributed by atoms with Crippen LogP contribution < -0.4 is 10.9 Å². The minimum Gasteiger partial charge on any atom is -0.310 e. The number of nitrogens with zero attached hydrogens (tertiary/aromatic N) is 4. The van der Waals surface area contributed by atoms with Gasteiger partial charge in [0.05, 0.1) is 11.0 Å². The fourth-order valence-electron chi connectivity index (χ4n) is 2.73. The molecule has 0 spiro atoms. The number of imidazole rings is 1. The molecule has 25 heavy (non-hydrogen) atoms. The quantitative estimate of drug-likeness (QED) is 0.748. The molecule has 7 nitrogen and oxygen atoms in total. The number of benzene rings is 1. The Hall–Kier alpha value is -2.96. The largest absolute Gasteiger partial charge is 0.310 e. The molecule has 1 aromatic carbocycles. The van der Waals surface area contributed by atoms with Crippen molar-refractivity contribution in [2.75, 3.05) is 5.32 Å². The highest BCUT2D eigenvalue weighted by Gasteiger charge is 2.15. The molecule has 2 heterocycles. The van der Waals surface area contributed by atoms with Crippen LogP contribution in [0, 0.1) is 0 Å². The van der Waals surface area contributed by atoms with Crippen LogP contribution in [0.25, 0.3) is 11.0 Å². The third-order valence-corrected chi connectivity index (χ3v) is 3.86. The molecular formula is C18H21N5O2. The van der Waals surface area contributed by atoms with E-state index in [9.17, 15) is 9.59 Å². The van der Waals surface area contributed by atoms with Gasteiger partial charge in [-0.25, -0.2) is 9.67 Å². The molecule has 1 amide bonds. The summed E-state index contributed by atoms with van der Waals surface area (Å²) in [5, 5.41) is 6.97. The van der Waals surface area contributed by atoms with Crippen molar-refractivity contribution in [3.05, 3.63) is 52.4 Å². The van der Waals surface area contributed by atoms with Crippen molar-refractivity contribution in [1.82, 2.24) is 19.3 Å². The smallest absolute Gasteiger partial charge is 0.278 e. The Morgan fingerprint density at radius 1 is 1.08 bits per heavy atom. The number of hydrogen-bond donors (Lipinski definition) is 1. The van der Waals surface area contributed by atoms with Crippen LogP contribution in [0.15, 0.2) is 41.2 Å². The van der Waals surface area contributed by atoms with E-state index < -0.39 is 0 Å². The second-order valence-electron chi connectivity index (χ2n) is 5.81. The summed E-state index contributed by atoms with van der Waals surface area (Å²) in [7, 11) is 0. The predicted octanol–water partition coefficient (Wildman–Crippen LogP) is 2.67. The van der Waals surface area contributed by atoms with Gasteiger partial charge < -0.3 is 4.57 Å². The number of nitrogens with one attached hydrogen (secondary N) is 1. The second-order valence-corrected chi connectivity index (χ2v) is 5.81. The Morgan fingerprint density at radius 3 is 2.60 bits per heavy atom. The Bertz CT molecular complexity index is 957. The van der Waals surface area contributed by atoms with Gasteiger partial charge in [0.25, 0.3) is 11.5 Å². The van der Waals surface area contributed by atoms with Crippen molar-refractivity contribution in [2.24, 2.45) is 0 Å². The highest BCUT2D eigenvalue weighted by atomic mass is 16.2. The van der Waals surface area contributed by atoms with Gasteiger partial charge in [-0.3, -0.25) is 14.9 Å². The number of rotatable bonds is 6.